The maximum atomic E-state index is 13.3. The molecule has 0 spiro atoms. The number of amides is 1. The third kappa shape index (κ3) is 3.19. The maximum Gasteiger partial charge on any atom is 0.403 e. The molecule has 118 valence electrons. The summed E-state index contributed by atoms with van der Waals surface area (Å²) in [4.78, 5) is 15.3. The van der Waals surface area contributed by atoms with Gasteiger partial charge < -0.3 is 9.84 Å². The fourth-order valence-electron chi connectivity index (χ4n) is 2.59. The van der Waals surface area contributed by atoms with E-state index in [0.717, 1.165) is 6.42 Å². The highest BCUT2D eigenvalue weighted by atomic mass is 19.4. The maximum absolute atomic E-state index is 13.3. The van der Waals surface area contributed by atoms with Gasteiger partial charge in [-0.15, -0.1) is 0 Å². The van der Waals surface area contributed by atoms with Crippen molar-refractivity contribution in [1.29, 1.82) is 0 Å². The standard InChI is InChI=1S/C13H18F3N3O2/c1-2-7-17-10(20)8-9-18-11(21-19-9)12(13(14,15)16)5-3-4-6-12/h2-8H2,1H3,(H,17,20). The molecule has 0 saturated heterocycles. The highest BCUT2D eigenvalue weighted by Gasteiger charge is 2.60. The van der Waals surface area contributed by atoms with Crippen LogP contribution < -0.4 is 5.32 Å². The van der Waals surface area contributed by atoms with Crippen molar-refractivity contribution in [3.8, 4) is 0 Å². The van der Waals surface area contributed by atoms with E-state index < -0.39 is 17.5 Å². The highest BCUT2D eigenvalue weighted by molar-refractivity contribution is 5.77. The number of halogens is 3. The van der Waals surface area contributed by atoms with E-state index in [1.54, 1.807) is 0 Å². The Bertz CT molecular complexity index is 493. The minimum absolute atomic E-state index is 0.00544. The zero-order chi connectivity index (χ0) is 15.5. The van der Waals surface area contributed by atoms with Gasteiger partial charge in [0.05, 0.1) is 6.42 Å². The van der Waals surface area contributed by atoms with Crippen LogP contribution in [0.15, 0.2) is 4.52 Å². The van der Waals surface area contributed by atoms with Gasteiger partial charge in [-0.05, 0) is 19.3 Å². The van der Waals surface area contributed by atoms with Crippen molar-refractivity contribution < 1.29 is 22.5 Å². The number of aromatic nitrogens is 2. The lowest BCUT2D eigenvalue weighted by atomic mass is 9.85. The van der Waals surface area contributed by atoms with Crippen molar-refractivity contribution in [3.63, 3.8) is 0 Å². The first-order valence-electron chi connectivity index (χ1n) is 7.05. The van der Waals surface area contributed by atoms with Crippen LogP contribution in [0.3, 0.4) is 0 Å². The third-order valence-electron chi connectivity index (χ3n) is 3.77. The minimum atomic E-state index is -4.42. The summed E-state index contributed by atoms with van der Waals surface area (Å²) in [5, 5.41) is 6.14. The second-order valence-electron chi connectivity index (χ2n) is 5.33. The Balaban J connectivity index is 2.13. The van der Waals surface area contributed by atoms with Crippen LogP contribution in [-0.4, -0.2) is 28.8 Å². The van der Waals surface area contributed by atoms with Crippen LogP contribution in [-0.2, 0) is 16.6 Å². The van der Waals surface area contributed by atoms with Crippen LogP contribution in [0.25, 0.3) is 0 Å². The Hall–Kier alpha value is -1.60. The van der Waals surface area contributed by atoms with Gasteiger partial charge >= 0.3 is 6.18 Å². The van der Waals surface area contributed by atoms with Crippen LogP contribution in [0.4, 0.5) is 13.2 Å². The van der Waals surface area contributed by atoms with E-state index in [1.807, 2.05) is 6.92 Å². The first kappa shape index (κ1) is 15.8. The summed E-state index contributed by atoms with van der Waals surface area (Å²) >= 11 is 0. The fraction of sp³-hybridized carbons (Fsp3) is 0.769. The number of alkyl halides is 3. The van der Waals surface area contributed by atoms with Gasteiger partial charge in [-0.2, -0.15) is 18.2 Å². The van der Waals surface area contributed by atoms with Crippen LogP contribution in [0.2, 0.25) is 0 Å². The Morgan fingerprint density at radius 2 is 2.05 bits per heavy atom. The molecule has 21 heavy (non-hydrogen) atoms. The fourth-order valence-corrected chi connectivity index (χ4v) is 2.59. The van der Waals surface area contributed by atoms with Crippen molar-refractivity contribution in [2.45, 2.75) is 57.0 Å². The molecule has 1 fully saturated rings. The molecule has 1 amide bonds. The normalized spacial score (nSPS) is 17.9. The molecule has 0 aliphatic heterocycles. The van der Waals surface area contributed by atoms with E-state index in [2.05, 4.69) is 15.5 Å². The molecule has 5 nitrogen and oxygen atoms in total. The summed E-state index contributed by atoms with van der Waals surface area (Å²) in [6, 6.07) is 0. The number of rotatable bonds is 5. The smallest absolute Gasteiger partial charge is 0.356 e. The van der Waals surface area contributed by atoms with E-state index in [1.165, 1.54) is 0 Å². The number of carbonyl (C=O) groups is 1. The number of hydrogen-bond acceptors (Lipinski definition) is 4. The lowest BCUT2D eigenvalue weighted by molar-refractivity contribution is -0.195. The Kier molecular flexibility index (Phi) is 4.53. The Labute approximate surface area is 120 Å². The largest absolute Gasteiger partial charge is 0.403 e. The molecule has 1 aromatic rings. The summed E-state index contributed by atoms with van der Waals surface area (Å²) in [5.74, 6) is -0.739. The van der Waals surface area contributed by atoms with Crippen molar-refractivity contribution in [3.05, 3.63) is 11.7 Å². The van der Waals surface area contributed by atoms with Crippen LogP contribution in [0.5, 0.6) is 0 Å². The zero-order valence-corrected chi connectivity index (χ0v) is 11.8. The van der Waals surface area contributed by atoms with Gasteiger partial charge in [0.2, 0.25) is 11.8 Å². The molecule has 2 rings (SSSR count). The topological polar surface area (TPSA) is 68.0 Å². The highest BCUT2D eigenvalue weighted by Crippen LogP contribution is 2.51. The molecule has 1 aliphatic carbocycles. The predicted octanol–water partition coefficient (Wildman–Crippen LogP) is 2.51. The van der Waals surface area contributed by atoms with E-state index >= 15 is 0 Å². The van der Waals surface area contributed by atoms with Gasteiger partial charge in [0.15, 0.2) is 5.82 Å². The average Bonchev–Trinajstić information content (AvgIpc) is 3.04. The summed E-state index contributed by atoms with van der Waals surface area (Å²) in [6.07, 6.45) is -2.93. The molecule has 0 radical (unpaired) electrons. The van der Waals surface area contributed by atoms with Crippen molar-refractivity contribution in [1.82, 2.24) is 15.5 Å². The number of carbonyl (C=O) groups excluding carboxylic acids is 1. The quantitative estimate of drug-likeness (QED) is 0.907. The van der Waals surface area contributed by atoms with Crippen molar-refractivity contribution in [2.24, 2.45) is 0 Å². The second kappa shape index (κ2) is 6.03. The van der Waals surface area contributed by atoms with Crippen LogP contribution in [0.1, 0.15) is 50.7 Å². The predicted molar refractivity (Wildman–Crippen MR) is 67.5 cm³/mol. The van der Waals surface area contributed by atoms with Crippen molar-refractivity contribution >= 4 is 5.91 Å². The summed E-state index contributed by atoms with van der Waals surface area (Å²) in [6.45, 7) is 2.41. The Morgan fingerprint density at radius 3 is 2.62 bits per heavy atom. The molecule has 8 heteroatoms. The third-order valence-corrected chi connectivity index (χ3v) is 3.77. The van der Waals surface area contributed by atoms with Gasteiger partial charge in [-0.3, -0.25) is 4.79 Å². The zero-order valence-electron chi connectivity index (χ0n) is 11.8. The molecular formula is C13H18F3N3O2. The molecule has 1 N–H and O–H groups in total. The molecule has 1 aliphatic rings. The van der Waals surface area contributed by atoms with Gasteiger partial charge in [-0.1, -0.05) is 24.9 Å². The summed E-state index contributed by atoms with van der Waals surface area (Å²) in [7, 11) is 0. The number of nitrogens with zero attached hydrogens (tertiary/aromatic N) is 2. The van der Waals surface area contributed by atoms with Crippen molar-refractivity contribution in [2.75, 3.05) is 6.54 Å². The Morgan fingerprint density at radius 1 is 1.38 bits per heavy atom. The minimum Gasteiger partial charge on any atom is -0.356 e. The average molecular weight is 305 g/mol. The van der Waals surface area contributed by atoms with Gasteiger partial charge in [0.25, 0.3) is 0 Å². The number of nitrogens with one attached hydrogen (secondary N) is 1. The molecule has 1 saturated carbocycles. The molecule has 0 bridgehead atoms. The monoisotopic (exact) mass is 305 g/mol. The van der Waals surface area contributed by atoms with Gasteiger partial charge in [0, 0.05) is 6.54 Å². The number of hydrogen-bond donors (Lipinski definition) is 1. The van der Waals surface area contributed by atoms with Gasteiger partial charge in [-0.25, -0.2) is 0 Å². The molecule has 1 heterocycles. The molecule has 1 aromatic heterocycles. The summed E-state index contributed by atoms with van der Waals surface area (Å²) < 4.78 is 44.8. The first-order valence-corrected chi connectivity index (χ1v) is 7.05. The second-order valence-corrected chi connectivity index (χ2v) is 5.33. The van der Waals surface area contributed by atoms with E-state index in [0.29, 0.717) is 19.4 Å². The lowest BCUT2D eigenvalue weighted by Crippen LogP contribution is -2.40. The van der Waals surface area contributed by atoms with Crippen LogP contribution in [0, 0.1) is 0 Å². The molecule has 0 unspecified atom stereocenters. The molecular weight excluding hydrogens is 287 g/mol. The van der Waals surface area contributed by atoms with E-state index in [-0.39, 0.29) is 31.0 Å². The van der Waals surface area contributed by atoms with Crippen LogP contribution >= 0.6 is 0 Å². The lowest BCUT2D eigenvalue weighted by Gasteiger charge is -2.27. The molecule has 0 atom stereocenters. The summed E-state index contributed by atoms with van der Waals surface area (Å²) in [5.41, 5.74) is -2.04. The van der Waals surface area contributed by atoms with E-state index in [9.17, 15) is 18.0 Å². The molecule has 0 aromatic carbocycles. The first-order chi connectivity index (χ1) is 9.89. The van der Waals surface area contributed by atoms with Gasteiger partial charge in [0.1, 0.15) is 5.41 Å². The van der Waals surface area contributed by atoms with E-state index in [4.69, 9.17) is 4.52 Å². The SMILES string of the molecule is CCCNC(=O)Cc1noc(C2(C(F)(F)F)CCCC2)n1.